The highest BCUT2D eigenvalue weighted by Crippen LogP contribution is 2.33. The van der Waals surface area contributed by atoms with Gasteiger partial charge in [-0.05, 0) is 42.3 Å². The normalized spacial score (nSPS) is 13.7. The van der Waals surface area contributed by atoms with E-state index in [9.17, 15) is 27.2 Å². The molecule has 0 atom stereocenters. The van der Waals surface area contributed by atoms with E-state index in [2.05, 4.69) is 10.3 Å². The molecule has 11 heteroatoms. The lowest BCUT2D eigenvalue weighted by Gasteiger charge is -2.27. The Kier molecular flexibility index (Phi) is 5.35. The van der Waals surface area contributed by atoms with Gasteiger partial charge in [0.1, 0.15) is 17.2 Å². The molecule has 6 nitrogen and oxygen atoms in total. The van der Waals surface area contributed by atoms with Crippen LogP contribution in [-0.2, 0) is 19.1 Å². The number of thiophene rings is 1. The van der Waals surface area contributed by atoms with Gasteiger partial charge in [-0.2, -0.15) is 13.2 Å². The standard InChI is InChI=1S/C23H16F4N4O2S/c24-14-7-13(23(25,26)27)8-15(9-14)29-21(32)17-12-34-19-11-30(6-4-16(17)19)22(33)18-10-28-20-3-1-2-5-31(18)20/h1-3,5,7-10,12H,4,6,11H2,(H,29,32). The van der Waals surface area contributed by atoms with E-state index in [0.29, 0.717) is 48.5 Å². The van der Waals surface area contributed by atoms with Gasteiger partial charge in [0.05, 0.1) is 23.9 Å². The van der Waals surface area contributed by atoms with Crippen LogP contribution < -0.4 is 5.32 Å². The highest BCUT2D eigenvalue weighted by Gasteiger charge is 2.32. The summed E-state index contributed by atoms with van der Waals surface area (Å²) in [5, 5.41) is 3.96. The minimum Gasteiger partial charge on any atom is -0.332 e. The quantitative estimate of drug-likeness (QED) is 0.413. The van der Waals surface area contributed by atoms with Crippen LogP contribution in [0.1, 0.15) is 36.9 Å². The summed E-state index contributed by atoms with van der Waals surface area (Å²) in [5.41, 5.74) is 0.663. The first-order valence-corrected chi connectivity index (χ1v) is 11.1. The van der Waals surface area contributed by atoms with Crippen molar-refractivity contribution < 1.29 is 27.2 Å². The zero-order chi connectivity index (χ0) is 24.0. The summed E-state index contributed by atoms with van der Waals surface area (Å²) >= 11 is 1.29. The van der Waals surface area contributed by atoms with Gasteiger partial charge in [-0.3, -0.25) is 14.0 Å². The number of aromatic nitrogens is 2. The van der Waals surface area contributed by atoms with E-state index in [-0.39, 0.29) is 11.6 Å². The molecule has 1 aliphatic heterocycles. The van der Waals surface area contributed by atoms with Gasteiger partial charge in [0, 0.05) is 28.7 Å². The van der Waals surface area contributed by atoms with Crippen LogP contribution in [0.3, 0.4) is 0 Å². The van der Waals surface area contributed by atoms with Crippen molar-refractivity contribution in [2.75, 3.05) is 11.9 Å². The van der Waals surface area contributed by atoms with E-state index in [4.69, 9.17) is 0 Å². The Morgan fingerprint density at radius 2 is 1.97 bits per heavy atom. The molecule has 3 aromatic heterocycles. The molecule has 1 aliphatic rings. The van der Waals surface area contributed by atoms with Crippen LogP contribution in [-0.4, -0.2) is 32.6 Å². The number of nitrogens with one attached hydrogen (secondary N) is 1. The number of carbonyl (C=O) groups is 2. The van der Waals surface area contributed by atoms with E-state index < -0.39 is 23.5 Å². The molecule has 34 heavy (non-hydrogen) atoms. The molecule has 0 bridgehead atoms. The first-order chi connectivity index (χ1) is 16.2. The lowest BCUT2D eigenvalue weighted by molar-refractivity contribution is -0.137. The van der Waals surface area contributed by atoms with Gasteiger partial charge in [0.2, 0.25) is 0 Å². The van der Waals surface area contributed by atoms with E-state index in [1.165, 1.54) is 17.5 Å². The fourth-order valence-electron chi connectivity index (χ4n) is 3.97. The number of carbonyl (C=O) groups excluding carboxylic acids is 2. The maximum atomic E-state index is 13.7. The number of nitrogens with zero attached hydrogens (tertiary/aromatic N) is 3. The first-order valence-electron chi connectivity index (χ1n) is 10.2. The monoisotopic (exact) mass is 488 g/mol. The minimum atomic E-state index is -4.74. The summed E-state index contributed by atoms with van der Waals surface area (Å²) in [6.45, 7) is 0.658. The molecule has 2 amide bonds. The lowest BCUT2D eigenvalue weighted by atomic mass is 10.0. The van der Waals surface area contributed by atoms with E-state index in [1.54, 1.807) is 33.0 Å². The summed E-state index contributed by atoms with van der Waals surface area (Å²) < 4.78 is 54.2. The summed E-state index contributed by atoms with van der Waals surface area (Å²) in [5.74, 6) is -1.92. The van der Waals surface area contributed by atoms with Crippen molar-refractivity contribution in [2.45, 2.75) is 19.1 Å². The largest absolute Gasteiger partial charge is 0.416 e. The molecule has 0 saturated heterocycles. The van der Waals surface area contributed by atoms with Crippen molar-refractivity contribution in [2.24, 2.45) is 0 Å². The molecule has 4 heterocycles. The van der Waals surface area contributed by atoms with Crippen molar-refractivity contribution in [3.05, 3.63) is 87.3 Å². The number of rotatable bonds is 3. The number of pyridine rings is 1. The number of alkyl halides is 3. The summed E-state index contributed by atoms with van der Waals surface area (Å²) in [7, 11) is 0. The van der Waals surface area contributed by atoms with Gasteiger partial charge in [0.25, 0.3) is 11.8 Å². The molecule has 0 aliphatic carbocycles. The van der Waals surface area contributed by atoms with Crippen molar-refractivity contribution in [1.82, 2.24) is 14.3 Å². The summed E-state index contributed by atoms with van der Waals surface area (Å²) in [6.07, 6.45) is -1.05. The SMILES string of the molecule is O=C(Nc1cc(F)cc(C(F)(F)F)c1)c1csc2c1CCN(C(=O)c1cnc3ccccn13)C2. The maximum Gasteiger partial charge on any atom is 0.416 e. The third kappa shape index (κ3) is 4.03. The number of amides is 2. The molecular formula is C23H16F4N4O2S. The lowest BCUT2D eigenvalue weighted by Crippen LogP contribution is -2.36. The van der Waals surface area contributed by atoms with Crippen LogP contribution in [0.4, 0.5) is 23.2 Å². The summed E-state index contributed by atoms with van der Waals surface area (Å²) in [6, 6.07) is 7.33. The number of hydrogen-bond acceptors (Lipinski definition) is 4. The minimum absolute atomic E-state index is 0.191. The maximum absolute atomic E-state index is 13.7. The molecule has 0 radical (unpaired) electrons. The van der Waals surface area contributed by atoms with Crippen LogP contribution >= 0.6 is 11.3 Å². The second-order valence-electron chi connectivity index (χ2n) is 7.78. The number of anilines is 1. The van der Waals surface area contributed by atoms with E-state index >= 15 is 0 Å². The molecule has 1 aromatic carbocycles. The van der Waals surface area contributed by atoms with Crippen LogP contribution in [0.25, 0.3) is 5.65 Å². The van der Waals surface area contributed by atoms with Gasteiger partial charge in [-0.1, -0.05) is 6.07 Å². The highest BCUT2D eigenvalue weighted by molar-refractivity contribution is 7.10. The van der Waals surface area contributed by atoms with Crippen molar-refractivity contribution >= 4 is 34.5 Å². The number of hydrogen-bond donors (Lipinski definition) is 1. The molecule has 0 fully saturated rings. The zero-order valence-corrected chi connectivity index (χ0v) is 18.2. The van der Waals surface area contributed by atoms with Crippen molar-refractivity contribution in [3.63, 3.8) is 0 Å². The number of benzene rings is 1. The predicted molar refractivity (Wildman–Crippen MR) is 117 cm³/mol. The van der Waals surface area contributed by atoms with Crippen LogP contribution in [0.5, 0.6) is 0 Å². The van der Waals surface area contributed by atoms with Crippen LogP contribution in [0.2, 0.25) is 0 Å². The Balaban J connectivity index is 1.34. The number of halogens is 4. The fourth-order valence-corrected chi connectivity index (χ4v) is 5.06. The Bertz CT molecular complexity index is 1430. The fraction of sp³-hybridized carbons (Fsp3) is 0.174. The summed E-state index contributed by atoms with van der Waals surface area (Å²) in [4.78, 5) is 32.6. The smallest absolute Gasteiger partial charge is 0.332 e. The number of fused-ring (bicyclic) bond motifs is 2. The van der Waals surface area contributed by atoms with Gasteiger partial charge in [0.15, 0.2) is 0 Å². The van der Waals surface area contributed by atoms with E-state index in [1.807, 2.05) is 6.07 Å². The Morgan fingerprint density at radius 1 is 1.15 bits per heavy atom. The highest BCUT2D eigenvalue weighted by atomic mass is 32.1. The second kappa shape index (κ2) is 8.24. The number of imidazole rings is 1. The van der Waals surface area contributed by atoms with Crippen molar-refractivity contribution in [3.8, 4) is 0 Å². The van der Waals surface area contributed by atoms with Gasteiger partial charge in [-0.15, -0.1) is 11.3 Å². The molecule has 174 valence electrons. The van der Waals surface area contributed by atoms with Gasteiger partial charge in [-0.25, -0.2) is 9.37 Å². The Labute approximate surface area is 194 Å². The molecule has 0 saturated carbocycles. The van der Waals surface area contributed by atoms with Crippen LogP contribution in [0.15, 0.2) is 54.2 Å². The molecule has 0 unspecified atom stereocenters. The molecule has 4 aromatic rings. The molecule has 5 rings (SSSR count). The average molecular weight is 488 g/mol. The van der Waals surface area contributed by atoms with Crippen LogP contribution in [0, 0.1) is 5.82 Å². The van der Waals surface area contributed by atoms with E-state index in [0.717, 1.165) is 16.5 Å². The average Bonchev–Trinajstić information content (AvgIpc) is 3.41. The first kappa shape index (κ1) is 22.1. The Hall–Kier alpha value is -3.73. The second-order valence-corrected chi connectivity index (χ2v) is 8.74. The molecule has 1 N–H and O–H groups in total. The topological polar surface area (TPSA) is 66.7 Å². The van der Waals surface area contributed by atoms with Gasteiger partial charge < -0.3 is 10.2 Å². The van der Waals surface area contributed by atoms with Crippen molar-refractivity contribution in [1.29, 1.82) is 0 Å². The van der Waals surface area contributed by atoms with Gasteiger partial charge >= 0.3 is 6.18 Å². The molecule has 0 spiro atoms. The third-order valence-electron chi connectivity index (χ3n) is 5.60. The molecular weight excluding hydrogens is 472 g/mol. The predicted octanol–water partition coefficient (Wildman–Crippen LogP) is 5.00. The third-order valence-corrected chi connectivity index (χ3v) is 6.61. The zero-order valence-electron chi connectivity index (χ0n) is 17.4. The Morgan fingerprint density at radius 3 is 2.76 bits per heavy atom.